The lowest BCUT2D eigenvalue weighted by molar-refractivity contribution is -0.122. The fraction of sp³-hybridized carbons (Fsp3) is 0.280. The largest absolute Gasteiger partial charge is 0.382 e. The van der Waals surface area contributed by atoms with E-state index in [-0.39, 0.29) is 11.5 Å². The highest BCUT2D eigenvalue weighted by atomic mass is 16.2. The van der Waals surface area contributed by atoms with Gasteiger partial charge in [-0.25, -0.2) is 9.97 Å². The molecule has 0 radical (unpaired) electrons. The number of benzene rings is 1. The zero-order valence-corrected chi connectivity index (χ0v) is 19.4. The summed E-state index contributed by atoms with van der Waals surface area (Å²) in [5.41, 5.74) is 3.62. The third-order valence-electron chi connectivity index (χ3n) is 6.27. The summed E-state index contributed by atoms with van der Waals surface area (Å²) < 4.78 is 0. The van der Waals surface area contributed by atoms with Gasteiger partial charge in [-0.1, -0.05) is 6.07 Å². The Kier molecular flexibility index (Phi) is 5.31. The number of anilines is 3. The second kappa shape index (κ2) is 8.33. The summed E-state index contributed by atoms with van der Waals surface area (Å²) in [5, 5.41) is 6.57. The molecule has 5 rings (SSSR count). The van der Waals surface area contributed by atoms with E-state index in [2.05, 4.69) is 25.6 Å². The van der Waals surface area contributed by atoms with Crippen molar-refractivity contribution in [2.24, 2.45) is 0 Å². The third kappa shape index (κ3) is 3.59. The van der Waals surface area contributed by atoms with Crippen molar-refractivity contribution in [2.45, 2.75) is 26.2 Å². The minimum atomic E-state index is -0.609. The second-order valence-electron chi connectivity index (χ2n) is 8.81. The molecule has 4 N–H and O–H groups in total. The van der Waals surface area contributed by atoms with Gasteiger partial charge in [0.25, 0.3) is 5.56 Å². The van der Waals surface area contributed by atoms with Crippen LogP contribution < -0.4 is 21.1 Å². The van der Waals surface area contributed by atoms with Gasteiger partial charge in [-0.05, 0) is 56.7 Å². The molecule has 0 fully saturated rings. The first kappa shape index (κ1) is 21.7. The van der Waals surface area contributed by atoms with Crippen molar-refractivity contribution in [1.29, 1.82) is 0 Å². The van der Waals surface area contributed by atoms with E-state index in [1.165, 1.54) is 0 Å². The number of hydrogen-bond acceptors (Lipinski definition) is 6. The molecular weight excluding hydrogens is 430 g/mol. The van der Waals surface area contributed by atoms with Crippen LogP contribution in [0.25, 0.3) is 22.4 Å². The Morgan fingerprint density at radius 3 is 2.68 bits per heavy atom. The predicted molar refractivity (Wildman–Crippen MR) is 134 cm³/mol. The highest BCUT2D eigenvalue weighted by molar-refractivity contribution is 6.09. The first-order chi connectivity index (χ1) is 16.4. The van der Waals surface area contributed by atoms with Crippen LogP contribution in [-0.4, -0.2) is 45.5 Å². The average Bonchev–Trinajstić information content (AvgIpc) is 3.32. The van der Waals surface area contributed by atoms with Gasteiger partial charge in [0.15, 0.2) is 0 Å². The van der Waals surface area contributed by atoms with Crippen molar-refractivity contribution < 1.29 is 4.79 Å². The molecule has 34 heavy (non-hydrogen) atoms. The Balaban J connectivity index is 1.45. The van der Waals surface area contributed by atoms with Gasteiger partial charge in [-0.15, -0.1) is 0 Å². The highest BCUT2D eigenvalue weighted by Crippen LogP contribution is 2.43. The number of imidazole rings is 1. The SMILES string of the molecule is CCN1C(=O)C(C)(C)c2cc3[nH]c(-c4c(NCCNc5ccccn5)cc[nH]c4=O)nc3cc21. The molecule has 0 saturated carbocycles. The number of nitrogens with zero attached hydrogens (tertiary/aromatic N) is 3. The Bertz CT molecular complexity index is 1420. The van der Waals surface area contributed by atoms with Crippen molar-refractivity contribution >= 4 is 34.1 Å². The zero-order chi connectivity index (χ0) is 23.9. The van der Waals surface area contributed by atoms with Crippen LogP contribution in [-0.2, 0) is 10.2 Å². The normalized spacial score (nSPS) is 14.4. The number of nitrogens with one attached hydrogen (secondary N) is 4. The van der Waals surface area contributed by atoms with E-state index in [9.17, 15) is 9.59 Å². The van der Waals surface area contributed by atoms with Gasteiger partial charge in [-0.3, -0.25) is 9.59 Å². The van der Waals surface area contributed by atoms with Gasteiger partial charge >= 0.3 is 0 Å². The molecule has 0 aliphatic carbocycles. The molecule has 0 bridgehead atoms. The molecule has 1 aromatic carbocycles. The molecule has 0 atom stereocenters. The second-order valence-corrected chi connectivity index (χ2v) is 8.81. The summed E-state index contributed by atoms with van der Waals surface area (Å²) in [7, 11) is 0. The number of amides is 1. The van der Waals surface area contributed by atoms with E-state index >= 15 is 0 Å². The standard InChI is InChI=1S/C25H27N7O2/c1-4-32-19-14-18-17(13-15(19)25(2,3)24(32)34)30-22(31-18)21-16(8-10-29-23(21)33)26-11-12-28-20-7-5-6-9-27-20/h5-10,13-14H,4,11-12H2,1-3H3,(H,27,28)(H,30,31)(H2,26,29,33). The molecule has 174 valence electrons. The molecule has 1 aliphatic heterocycles. The fourth-order valence-electron chi connectivity index (χ4n) is 4.48. The number of H-pyrrole nitrogens is 2. The Labute approximate surface area is 196 Å². The van der Waals surface area contributed by atoms with E-state index in [0.29, 0.717) is 42.2 Å². The highest BCUT2D eigenvalue weighted by Gasteiger charge is 2.43. The summed E-state index contributed by atoms with van der Waals surface area (Å²) in [5.74, 6) is 1.36. The summed E-state index contributed by atoms with van der Waals surface area (Å²) in [6.07, 6.45) is 3.35. The Hall–Kier alpha value is -4.14. The first-order valence-corrected chi connectivity index (χ1v) is 11.4. The quantitative estimate of drug-likeness (QED) is 0.316. The zero-order valence-electron chi connectivity index (χ0n) is 19.4. The van der Waals surface area contributed by atoms with Crippen LogP contribution >= 0.6 is 0 Å². The van der Waals surface area contributed by atoms with Crippen molar-refractivity contribution in [3.8, 4) is 11.4 Å². The van der Waals surface area contributed by atoms with E-state index in [0.717, 1.165) is 22.6 Å². The summed E-state index contributed by atoms with van der Waals surface area (Å²) in [4.78, 5) is 42.4. The lowest BCUT2D eigenvalue weighted by Gasteiger charge is -2.18. The summed E-state index contributed by atoms with van der Waals surface area (Å²) in [6.45, 7) is 7.66. The van der Waals surface area contributed by atoms with Crippen molar-refractivity contribution in [3.05, 3.63) is 64.7 Å². The number of aromatic nitrogens is 4. The van der Waals surface area contributed by atoms with E-state index < -0.39 is 5.41 Å². The van der Waals surface area contributed by atoms with Crippen LogP contribution in [0.15, 0.2) is 53.6 Å². The van der Waals surface area contributed by atoms with Crippen LogP contribution in [0.2, 0.25) is 0 Å². The number of likely N-dealkylation sites (N-methyl/N-ethyl adjacent to an activating group) is 1. The molecule has 1 aliphatic rings. The van der Waals surface area contributed by atoms with Gasteiger partial charge in [0.2, 0.25) is 5.91 Å². The van der Waals surface area contributed by atoms with Gasteiger partial charge in [0.1, 0.15) is 17.2 Å². The molecule has 4 aromatic rings. The number of rotatable bonds is 7. The molecule has 9 nitrogen and oxygen atoms in total. The first-order valence-electron chi connectivity index (χ1n) is 11.4. The minimum absolute atomic E-state index is 0.0863. The van der Waals surface area contributed by atoms with Crippen molar-refractivity contribution in [1.82, 2.24) is 19.9 Å². The number of hydrogen-bond donors (Lipinski definition) is 4. The fourth-order valence-corrected chi connectivity index (χ4v) is 4.48. The van der Waals surface area contributed by atoms with Gasteiger partial charge in [0, 0.05) is 32.0 Å². The monoisotopic (exact) mass is 457 g/mol. The maximum absolute atomic E-state index is 12.8. The Morgan fingerprint density at radius 1 is 1.09 bits per heavy atom. The summed E-state index contributed by atoms with van der Waals surface area (Å²) in [6, 6.07) is 11.4. The van der Waals surface area contributed by atoms with Crippen molar-refractivity contribution in [2.75, 3.05) is 35.2 Å². The topological polar surface area (TPSA) is 119 Å². The smallest absolute Gasteiger partial charge is 0.261 e. The molecule has 9 heteroatoms. The molecule has 0 saturated heterocycles. The molecule has 1 amide bonds. The van der Waals surface area contributed by atoms with Gasteiger partial charge < -0.3 is 25.5 Å². The lowest BCUT2D eigenvalue weighted by atomic mass is 9.86. The minimum Gasteiger partial charge on any atom is -0.382 e. The molecule has 4 heterocycles. The number of carbonyl (C=O) groups excluding carboxylic acids is 1. The Morgan fingerprint density at radius 2 is 1.91 bits per heavy atom. The van der Waals surface area contributed by atoms with Crippen molar-refractivity contribution in [3.63, 3.8) is 0 Å². The molecule has 3 aromatic heterocycles. The van der Waals surface area contributed by atoms with Crippen LogP contribution in [0.3, 0.4) is 0 Å². The third-order valence-corrected chi connectivity index (χ3v) is 6.27. The van der Waals surface area contributed by atoms with Crippen LogP contribution in [0.1, 0.15) is 26.3 Å². The number of pyridine rings is 2. The summed E-state index contributed by atoms with van der Waals surface area (Å²) >= 11 is 0. The van der Waals surface area contributed by atoms with E-state index in [1.807, 2.05) is 57.2 Å². The number of carbonyl (C=O) groups is 1. The van der Waals surface area contributed by atoms with E-state index in [1.54, 1.807) is 17.3 Å². The maximum Gasteiger partial charge on any atom is 0.261 e. The van der Waals surface area contributed by atoms with Crippen LogP contribution in [0.4, 0.5) is 17.2 Å². The predicted octanol–water partition coefficient (Wildman–Crippen LogP) is 3.48. The maximum atomic E-state index is 12.8. The van der Waals surface area contributed by atoms with Gasteiger partial charge in [-0.2, -0.15) is 0 Å². The van der Waals surface area contributed by atoms with E-state index in [4.69, 9.17) is 4.98 Å². The molecular formula is C25H27N7O2. The van der Waals surface area contributed by atoms with Gasteiger partial charge in [0.05, 0.1) is 27.8 Å². The molecule has 0 unspecified atom stereocenters. The number of fused-ring (bicyclic) bond motifs is 2. The average molecular weight is 458 g/mol. The number of aromatic amines is 2. The lowest BCUT2D eigenvalue weighted by Crippen LogP contribution is -2.35. The molecule has 0 spiro atoms. The van der Waals surface area contributed by atoms with Crippen LogP contribution in [0.5, 0.6) is 0 Å². The van der Waals surface area contributed by atoms with Crippen LogP contribution in [0, 0.1) is 0 Å².